The third kappa shape index (κ3) is 3.40. The van der Waals surface area contributed by atoms with Gasteiger partial charge in [0.05, 0.1) is 0 Å². The summed E-state index contributed by atoms with van der Waals surface area (Å²) in [6.07, 6.45) is 4.79. The first-order chi connectivity index (χ1) is 12.6. The molecule has 2 heterocycles. The molecular weight excluding hydrogens is 390 g/mol. The maximum Gasteiger partial charge on any atom is 0.240 e. The molecule has 5 heteroatoms. The molecule has 1 atom stereocenters. The van der Waals surface area contributed by atoms with Gasteiger partial charge in [-0.15, -0.1) is 0 Å². The number of nitrogens with zero attached hydrogens (tertiary/aromatic N) is 1. The smallest absolute Gasteiger partial charge is 0.240 e. The maximum atomic E-state index is 12.5. The number of fused-ring (bicyclic) bond motifs is 2. The molecule has 26 heavy (non-hydrogen) atoms. The Balaban J connectivity index is 1.43. The molecule has 0 aliphatic carbocycles. The lowest BCUT2D eigenvalue weighted by atomic mass is 10.1. The topological polar surface area (TPSA) is 49.8 Å². The van der Waals surface area contributed by atoms with E-state index in [1.165, 1.54) is 10.9 Å². The Hall–Kier alpha value is -2.53. The van der Waals surface area contributed by atoms with Crippen LogP contribution < -0.4 is 5.32 Å². The van der Waals surface area contributed by atoms with Crippen molar-refractivity contribution in [1.29, 1.82) is 0 Å². The van der Waals surface area contributed by atoms with Crippen molar-refractivity contribution in [1.82, 2.24) is 14.9 Å². The van der Waals surface area contributed by atoms with Crippen LogP contribution in [0.2, 0.25) is 0 Å². The predicted molar refractivity (Wildman–Crippen MR) is 109 cm³/mol. The first-order valence-corrected chi connectivity index (χ1v) is 9.48. The molecule has 2 N–H and O–H groups in total. The number of carbonyl (C=O) groups is 1. The van der Waals surface area contributed by atoms with Gasteiger partial charge in [-0.25, -0.2) is 0 Å². The van der Waals surface area contributed by atoms with Crippen molar-refractivity contribution in [2.75, 3.05) is 0 Å². The molecule has 1 amide bonds. The highest BCUT2D eigenvalue weighted by atomic mass is 79.9. The maximum absolute atomic E-state index is 12.5. The molecule has 2 aromatic heterocycles. The van der Waals surface area contributed by atoms with Crippen molar-refractivity contribution >= 4 is 43.6 Å². The quantitative estimate of drug-likeness (QED) is 0.495. The number of benzene rings is 2. The van der Waals surface area contributed by atoms with Gasteiger partial charge in [-0.1, -0.05) is 40.2 Å². The Morgan fingerprint density at radius 2 is 2.08 bits per heavy atom. The fourth-order valence-electron chi connectivity index (χ4n) is 3.45. The zero-order chi connectivity index (χ0) is 18.1. The largest absolute Gasteiger partial charge is 0.361 e. The molecule has 0 aliphatic rings. The van der Waals surface area contributed by atoms with E-state index < -0.39 is 0 Å². The van der Waals surface area contributed by atoms with Gasteiger partial charge in [-0.05, 0) is 48.6 Å². The summed E-state index contributed by atoms with van der Waals surface area (Å²) in [6.45, 7) is 2.36. The molecular formula is C21H20BrN3O. The van der Waals surface area contributed by atoms with Gasteiger partial charge < -0.3 is 14.9 Å². The van der Waals surface area contributed by atoms with Crippen molar-refractivity contribution in [2.45, 2.75) is 25.9 Å². The van der Waals surface area contributed by atoms with E-state index in [1.807, 2.05) is 60.3 Å². The summed E-state index contributed by atoms with van der Waals surface area (Å²) in [5, 5.41) is 5.46. The van der Waals surface area contributed by atoms with Crippen molar-refractivity contribution in [3.63, 3.8) is 0 Å². The summed E-state index contributed by atoms with van der Waals surface area (Å²) in [7, 11) is 0. The Kier molecular flexibility index (Phi) is 4.55. The molecule has 2 aromatic carbocycles. The molecule has 0 spiro atoms. The van der Waals surface area contributed by atoms with Crippen LogP contribution in [-0.2, 0) is 17.8 Å². The number of carbonyl (C=O) groups excluding carboxylic acids is 1. The number of aromatic amines is 1. The fourth-order valence-corrected chi connectivity index (χ4v) is 3.80. The average Bonchev–Trinajstić information content (AvgIpc) is 3.19. The molecule has 0 radical (unpaired) electrons. The minimum absolute atomic E-state index is 0.0230. The minimum atomic E-state index is 0.0230. The van der Waals surface area contributed by atoms with E-state index in [0.717, 1.165) is 27.3 Å². The van der Waals surface area contributed by atoms with Gasteiger partial charge in [0, 0.05) is 39.3 Å². The third-order valence-corrected chi connectivity index (χ3v) is 5.15. The lowest BCUT2D eigenvalue weighted by Crippen LogP contribution is -2.36. The zero-order valence-corrected chi connectivity index (χ0v) is 16.1. The number of nitrogens with one attached hydrogen (secondary N) is 2. The lowest BCUT2D eigenvalue weighted by Gasteiger charge is -2.14. The number of aromatic nitrogens is 2. The summed E-state index contributed by atoms with van der Waals surface area (Å²) in [5.74, 6) is 0.0230. The predicted octanol–water partition coefficient (Wildman–Crippen LogP) is 4.63. The van der Waals surface area contributed by atoms with Crippen LogP contribution in [0.1, 0.15) is 12.5 Å². The van der Waals surface area contributed by atoms with Gasteiger partial charge in [-0.3, -0.25) is 4.79 Å². The normalized spacial score (nSPS) is 12.5. The van der Waals surface area contributed by atoms with Crippen LogP contribution in [0.3, 0.4) is 0 Å². The van der Waals surface area contributed by atoms with Crippen LogP contribution in [0.25, 0.3) is 21.8 Å². The summed E-state index contributed by atoms with van der Waals surface area (Å²) in [6, 6.07) is 16.4. The van der Waals surface area contributed by atoms with Gasteiger partial charge in [0.1, 0.15) is 6.54 Å². The number of amides is 1. The number of para-hydroxylation sites is 1. The first kappa shape index (κ1) is 16.9. The van der Waals surface area contributed by atoms with Crippen LogP contribution >= 0.6 is 15.9 Å². The third-order valence-electron chi connectivity index (χ3n) is 4.66. The van der Waals surface area contributed by atoms with Gasteiger partial charge >= 0.3 is 0 Å². The number of hydrogen-bond acceptors (Lipinski definition) is 1. The summed E-state index contributed by atoms with van der Waals surface area (Å²) < 4.78 is 2.99. The van der Waals surface area contributed by atoms with E-state index in [-0.39, 0.29) is 11.9 Å². The summed E-state index contributed by atoms with van der Waals surface area (Å²) in [5.41, 5.74) is 3.41. The Bertz CT molecular complexity index is 1080. The van der Waals surface area contributed by atoms with Crippen LogP contribution in [0.15, 0.2) is 65.4 Å². The SMILES string of the molecule is C[C@H](Cc1c[nH]c2ccccc12)NC(=O)Cn1ccc2ccc(Br)cc21. The minimum Gasteiger partial charge on any atom is -0.361 e. The van der Waals surface area contributed by atoms with E-state index >= 15 is 0 Å². The van der Waals surface area contributed by atoms with Gasteiger partial charge in [-0.2, -0.15) is 0 Å². The van der Waals surface area contributed by atoms with Gasteiger partial charge in [0.2, 0.25) is 5.91 Å². The van der Waals surface area contributed by atoms with Gasteiger partial charge in [0.15, 0.2) is 0 Å². The van der Waals surface area contributed by atoms with Crippen molar-refractivity contribution < 1.29 is 4.79 Å². The Morgan fingerprint density at radius 3 is 2.96 bits per heavy atom. The Morgan fingerprint density at radius 1 is 1.23 bits per heavy atom. The first-order valence-electron chi connectivity index (χ1n) is 8.69. The molecule has 0 saturated carbocycles. The van der Waals surface area contributed by atoms with Gasteiger partial charge in [0.25, 0.3) is 0 Å². The second-order valence-corrected chi connectivity index (χ2v) is 7.59. The number of hydrogen-bond donors (Lipinski definition) is 2. The monoisotopic (exact) mass is 409 g/mol. The fraction of sp³-hybridized carbons (Fsp3) is 0.190. The molecule has 4 aromatic rings. The van der Waals surface area contributed by atoms with Crippen molar-refractivity contribution in [2.24, 2.45) is 0 Å². The molecule has 0 bridgehead atoms. The van der Waals surface area contributed by atoms with E-state index in [0.29, 0.717) is 6.54 Å². The standard InChI is InChI=1S/C21H20BrN3O/c1-14(10-16-12-23-19-5-3-2-4-18(16)19)24-21(26)13-25-9-8-15-6-7-17(22)11-20(15)25/h2-9,11-12,14,23H,10,13H2,1H3,(H,24,26)/t14-/m1/s1. The summed E-state index contributed by atoms with van der Waals surface area (Å²) in [4.78, 5) is 15.8. The highest BCUT2D eigenvalue weighted by Gasteiger charge is 2.12. The molecule has 4 rings (SSSR count). The van der Waals surface area contributed by atoms with Crippen LogP contribution in [0.4, 0.5) is 0 Å². The van der Waals surface area contributed by atoms with E-state index in [4.69, 9.17) is 0 Å². The number of halogens is 1. The molecule has 0 unspecified atom stereocenters. The number of rotatable bonds is 5. The van der Waals surface area contributed by atoms with Crippen LogP contribution in [0.5, 0.6) is 0 Å². The second kappa shape index (κ2) is 7.00. The highest BCUT2D eigenvalue weighted by Crippen LogP contribution is 2.21. The lowest BCUT2D eigenvalue weighted by molar-refractivity contribution is -0.122. The van der Waals surface area contributed by atoms with Crippen molar-refractivity contribution in [3.8, 4) is 0 Å². The van der Waals surface area contributed by atoms with E-state index in [1.54, 1.807) is 0 Å². The average molecular weight is 410 g/mol. The molecule has 4 nitrogen and oxygen atoms in total. The molecule has 0 saturated heterocycles. The number of H-pyrrole nitrogens is 1. The summed E-state index contributed by atoms with van der Waals surface area (Å²) >= 11 is 3.49. The van der Waals surface area contributed by atoms with E-state index in [9.17, 15) is 4.79 Å². The second-order valence-electron chi connectivity index (χ2n) is 6.68. The molecule has 0 aliphatic heterocycles. The van der Waals surface area contributed by atoms with E-state index in [2.05, 4.69) is 38.4 Å². The van der Waals surface area contributed by atoms with Crippen LogP contribution in [-0.4, -0.2) is 21.5 Å². The Labute approximate surface area is 160 Å². The molecule has 132 valence electrons. The van der Waals surface area contributed by atoms with Crippen LogP contribution in [0, 0.1) is 0 Å². The highest BCUT2D eigenvalue weighted by molar-refractivity contribution is 9.10. The zero-order valence-electron chi connectivity index (χ0n) is 14.5. The van der Waals surface area contributed by atoms with Crippen molar-refractivity contribution in [3.05, 3.63) is 71.0 Å². The molecule has 0 fully saturated rings.